The summed E-state index contributed by atoms with van der Waals surface area (Å²) in [5, 5.41) is 0. The van der Waals surface area contributed by atoms with Gasteiger partial charge in [0.15, 0.2) is 0 Å². The smallest absolute Gasteiger partial charge is 0.410 e. The zero-order chi connectivity index (χ0) is 18.0. The van der Waals surface area contributed by atoms with E-state index in [2.05, 4.69) is 4.72 Å². The molecule has 1 saturated heterocycles. The molecule has 23 heavy (non-hydrogen) atoms. The van der Waals surface area contributed by atoms with Gasteiger partial charge in [0.05, 0.1) is 12.6 Å². The second-order valence-corrected chi connectivity index (χ2v) is 10.2. The van der Waals surface area contributed by atoms with Crippen molar-refractivity contribution in [2.45, 2.75) is 77.4 Å². The lowest BCUT2D eigenvalue weighted by Crippen LogP contribution is -2.54. The normalized spacial score (nSPS) is 25.9. The molecule has 0 aromatic heterocycles. The van der Waals surface area contributed by atoms with Gasteiger partial charge in [0.1, 0.15) is 16.5 Å². The Morgan fingerprint density at radius 3 is 2.35 bits per heavy atom. The predicted octanol–water partition coefficient (Wildman–Crippen LogP) is 3.02. The molecule has 1 rings (SSSR count). The van der Waals surface area contributed by atoms with Gasteiger partial charge >= 0.3 is 6.09 Å². The number of likely N-dealkylation sites (tertiary alicyclic amines) is 1. The van der Waals surface area contributed by atoms with E-state index in [1.807, 2.05) is 27.7 Å². The second kappa shape index (κ2) is 7.57. The fraction of sp³-hybridized carbons (Fsp3) is 0.938. The van der Waals surface area contributed by atoms with Crippen LogP contribution >= 0.6 is 0 Å². The van der Waals surface area contributed by atoms with E-state index in [0.717, 1.165) is 0 Å². The van der Waals surface area contributed by atoms with Gasteiger partial charge in [-0.25, -0.2) is 9.18 Å². The maximum atomic E-state index is 14.5. The number of rotatable bonds is 3. The summed E-state index contributed by atoms with van der Waals surface area (Å²) in [5.41, 5.74) is -0.585. The maximum absolute atomic E-state index is 14.5. The van der Waals surface area contributed by atoms with Gasteiger partial charge in [-0.15, -0.1) is 4.72 Å². The first-order chi connectivity index (χ1) is 10.3. The highest BCUT2D eigenvalue weighted by atomic mass is 32.2. The zero-order valence-electron chi connectivity index (χ0n) is 15.3. The van der Waals surface area contributed by atoms with Crippen molar-refractivity contribution in [2.24, 2.45) is 5.92 Å². The molecule has 0 saturated carbocycles. The predicted molar refractivity (Wildman–Crippen MR) is 91.3 cm³/mol. The third-order valence-corrected chi connectivity index (χ3v) is 5.43. The Kier molecular flexibility index (Phi) is 6.75. The third-order valence-electron chi connectivity index (χ3n) is 3.73. The number of nitrogens with zero attached hydrogens (tertiary/aromatic N) is 1. The lowest BCUT2D eigenvalue weighted by Gasteiger charge is -2.38. The van der Waals surface area contributed by atoms with Crippen LogP contribution in [0.15, 0.2) is 0 Å². The summed E-state index contributed by atoms with van der Waals surface area (Å²) < 4.78 is 34.5. The summed E-state index contributed by atoms with van der Waals surface area (Å²) in [7, 11) is 0. The molecule has 0 spiro atoms. The van der Waals surface area contributed by atoms with Gasteiger partial charge in [-0.05, 0) is 54.9 Å². The van der Waals surface area contributed by atoms with E-state index >= 15 is 0 Å². The van der Waals surface area contributed by atoms with Crippen molar-refractivity contribution >= 4 is 17.5 Å². The lowest BCUT2D eigenvalue weighted by molar-refractivity contribution is 0.00287. The number of halogens is 1. The Balaban J connectivity index is 2.57. The van der Waals surface area contributed by atoms with Crippen molar-refractivity contribution in [3.05, 3.63) is 0 Å². The number of piperidine rings is 1. The SMILES string of the molecule is C[C@H](N[S+]([O-])C(C)(C)C)[C@H]1CCN(C(=O)OC(C)(C)C)C[C@H]1F. The molecule has 0 aromatic rings. The van der Waals surface area contributed by atoms with Gasteiger partial charge in [-0.2, -0.15) is 0 Å². The van der Waals surface area contributed by atoms with Crippen LogP contribution in [0.2, 0.25) is 0 Å². The molecule has 1 aliphatic heterocycles. The zero-order valence-corrected chi connectivity index (χ0v) is 16.1. The molecule has 4 atom stereocenters. The van der Waals surface area contributed by atoms with Crippen LogP contribution in [0.3, 0.4) is 0 Å². The molecule has 1 aliphatic rings. The molecule has 1 amide bonds. The van der Waals surface area contributed by atoms with Crippen LogP contribution in [-0.2, 0) is 16.1 Å². The van der Waals surface area contributed by atoms with Crippen LogP contribution in [0.25, 0.3) is 0 Å². The third kappa shape index (κ3) is 6.47. The van der Waals surface area contributed by atoms with Crippen LogP contribution in [0.1, 0.15) is 54.9 Å². The van der Waals surface area contributed by atoms with Gasteiger partial charge in [0.2, 0.25) is 0 Å². The fourth-order valence-corrected chi connectivity index (χ4v) is 3.28. The molecule has 1 heterocycles. The standard InChI is InChI=1S/C16H31FN2O3S/c1-11(18-23(21)16(5,6)7)12-8-9-19(10-13(12)17)14(20)22-15(2,3)4/h11-13,18H,8-10H2,1-7H3/t11-,12+,13+,23?/m0/s1. The van der Waals surface area contributed by atoms with Crippen LogP contribution in [0.5, 0.6) is 0 Å². The van der Waals surface area contributed by atoms with Crippen LogP contribution < -0.4 is 4.72 Å². The summed E-state index contributed by atoms with van der Waals surface area (Å²) in [6.07, 6.45) is -1.11. The topological polar surface area (TPSA) is 64.6 Å². The van der Waals surface area contributed by atoms with Crippen molar-refractivity contribution in [1.29, 1.82) is 0 Å². The van der Waals surface area contributed by atoms with Gasteiger partial charge in [0, 0.05) is 23.8 Å². The Labute approximate surface area is 142 Å². The number of hydrogen-bond donors (Lipinski definition) is 1. The van der Waals surface area contributed by atoms with E-state index in [4.69, 9.17) is 4.74 Å². The molecule has 1 N–H and O–H groups in total. The first-order valence-corrected chi connectivity index (χ1v) is 9.26. The molecule has 1 fully saturated rings. The molecular formula is C16H31FN2O3S. The van der Waals surface area contributed by atoms with Crippen LogP contribution in [-0.4, -0.2) is 51.2 Å². The summed E-state index contributed by atoms with van der Waals surface area (Å²) in [6.45, 7) is 13.3. The van der Waals surface area contributed by atoms with Gasteiger partial charge in [-0.1, -0.05) is 0 Å². The Hall–Kier alpha value is -0.530. The average molecular weight is 351 g/mol. The van der Waals surface area contributed by atoms with E-state index in [1.165, 1.54) is 4.90 Å². The molecule has 0 aromatic carbocycles. The number of alkyl halides is 1. The van der Waals surface area contributed by atoms with Gasteiger partial charge in [-0.3, -0.25) is 0 Å². The van der Waals surface area contributed by atoms with E-state index in [0.29, 0.717) is 13.0 Å². The van der Waals surface area contributed by atoms with Crippen molar-refractivity contribution in [2.75, 3.05) is 13.1 Å². The number of carbonyl (C=O) groups is 1. The van der Waals surface area contributed by atoms with Gasteiger partial charge in [0.25, 0.3) is 0 Å². The summed E-state index contributed by atoms with van der Waals surface area (Å²) in [5.74, 6) is -0.264. The highest BCUT2D eigenvalue weighted by Gasteiger charge is 2.39. The molecule has 5 nitrogen and oxygen atoms in total. The quantitative estimate of drug-likeness (QED) is 0.795. The molecule has 7 heteroatoms. The number of ether oxygens (including phenoxy) is 1. The van der Waals surface area contributed by atoms with Crippen LogP contribution in [0, 0.1) is 5.92 Å². The van der Waals surface area contributed by atoms with Gasteiger partial charge < -0.3 is 14.2 Å². The molecular weight excluding hydrogens is 319 g/mol. The molecule has 0 aliphatic carbocycles. The average Bonchev–Trinajstić information content (AvgIpc) is 2.34. The summed E-state index contributed by atoms with van der Waals surface area (Å²) in [4.78, 5) is 13.4. The highest BCUT2D eigenvalue weighted by molar-refractivity contribution is 7.90. The highest BCUT2D eigenvalue weighted by Crippen LogP contribution is 2.26. The monoisotopic (exact) mass is 350 g/mol. The molecule has 0 radical (unpaired) electrons. The van der Waals surface area contributed by atoms with E-state index in [9.17, 15) is 13.7 Å². The van der Waals surface area contributed by atoms with Crippen molar-refractivity contribution in [3.8, 4) is 0 Å². The number of carbonyl (C=O) groups excluding carboxylic acids is 1. The summed E-state index contributed by atoms with van der Waals surface area (Å²) in [6, 6.07) is -0.217. The first-order valence-electron chi connectivity index (χ1n) is 8.11. The maximum Gasteiger partial charge on any atom is 0.410 e. The minimum Gasteiger partial charge on any atom is -0.598 e. The van der Waals surface area contributed by atoms with Crippen LogP contribution in [0.4, 0.5) is 9.18 Å². The summed E-state index contributed by atoms with van der Waals surface area (Å²) >= 11 is -1.24. The molecule has 136 valence electrons. The lowest BCUT2D eigenvalue weighted by atomic mass is 9.89. The fourth-order valence-electron chi connectivity index (χ4n) is 2.41. The Bertz CT molecular complexity index is 409. The number of amides is 1. The van der Waals surface area contributed by atoms with Crippen molar-refractivity contribution < 1.29 is 18.5 Å². The Morgan fingerprint density at radius 2 is 1.91 bits per heavy atom. The Morgan fingerprint density at radius 1 is 1.35 bits per heavy atom. The van der Waals surface area contributed by atoms with E-state index < -0.39 is 34.0 Å². The number of nitrogens with one attached hydrogen (secondary N) is 1. The minimum absolute atomic E-state index is 0.0216. The number of hydrogen-bond acceptors (Lipinski definition) is 4. The second-order valence-electron chi connectivity index (χ2n) is 8.18. The molecule has 1 unspecified atom stereocenters. The van der Waals surface area contributed by atoms with Crippen molar-refractivity contribution in [3.63, 3.8) is 0 Å². The van der Waals surface area contributed by atoms with Crippen molar-refractivity contribution in [1.82, 2.24) is 9.62 Å². The minimum atomic E-state index is -1.24. The first kappa shape index (κ1) is 20.5. The molecule has 0 bridgehead atoms. The van der Waals surface area contributed by atoms with E-state index in [-0.39, 0.29) is 18.5 Å². The largest absolute Gasteiger partial charge is 0.598 e. The van der Waals surface area contributed by atoms with E-state index in [1.54, 1.807) is 20.8 Å².